The van der Waals surface area contributed by atoms with E-state index in [1.807, 2.05) is 60.4 Å². The Morgan fingerprint density at radius 1 is 0.929 bits per heavy atom. The first-order valence-corrected chi connectivity index (χ1v) is 9.83. The number of pyridine rings is 1. The summed E-state index contributed by atoms with van der Waals surface area (Å²) >= 11 is 0. The van der Waals surface area contributed by atoms with E-state index in [1.54, 1.807) is 0 Å². The molecular weight excluding hydrogens is 344 g/mol. The molecule has 0 amide bonds. The van der Waals surface area contributed by atoms with Crippen molar-refractivity contribution < 1.29 is 9.36 Å². The van der Waals surface area contributed by atoms with Gasteiger partial charge in [-0.3, -0.25) is 4.79 Å². The molecule has 0 bridgehead atoms. The summed E-state index contributed by atoms with van der Waals surface area (Å²) in [6.45, 7) is 2.51. The minimum atomic E-state index is 0.129. The zero-order valence-electron chi connectivity index (χ0n) is 16.4. The lowest BCUT2D eigenvalue weighted by molar-refractivity contribution is -0.683. The van der Waals surface area contributed by atoms with E-state index in [2.05, 4.69) is 41.8 Å². The molecule has 0 aliphatic rings. The summed E-state index contributed by atoms with van der Waals surface area (Å²) in [4.78, 5) is 13.4. The van der Waals surface area contributed by atoms with Gasteiger partial charge in [0.25, 0.3) is 0 Å². The van der Waals surface area contributed by atoms with Crippen LogP contribution in [0.5, 0.6) is 0 Å². The minimum absolute atomic E-state index is 0.129. The van der Waals surface area contributed by atoms with Gasteiger partial charge >= 0.3 is 0 Å². The highest BCUT2D eigenvalue weighted by Gasteiger charge is 2.24. The first kappa shape index (κ1) is 18.2. The summed E-state index contributed by atoms with van der Waals surface area (Å²) in [6.07, 6.45) is 6.21. The van der Waals surface area contributed by atoms with Gasteiger partial charge in [0.15, 0.2) is 12.4 Å². The summed E-state index contributed by atoms with van der Waals surface area (Å²) in [6, 6.07) is 22.5. The fourth-order valence-electron chi connectivity index (χ4n) is 3.90. The Labute approximate surface area is 165 Å². The molecule has 0 fully saturated rings. The van der Waals surface area contributed by atoms with Crippen LogP contribution in [0, 0.1) is 0 Å². The molecule has 0 spiro atoms. The van der Waals surface area contributed by atoms with Crippen LogP contribution in [0.4, 0.5) is 0 Å². The zero-order valence-corrected chi connectivity index (χ0v) is 16.4. The van der Waals surface area contributed by atoms with Gasteiger partial charge in [-0.25, -0.2) is 0 Å². The zero-order chi connectivity index (χ0) is 19.5. The molecular formula is C25H25N2O+. The van der Waals surface area contributed by atoms with E-state index in [0.717, 1.165) is 40.6 Å². The Hall–Kier alpha value is -3.20. The van der Waals surface area contributed by atoms with Gasteiger partial charge in [-0.1, -0.05) is 61.9 Å². The van der Waals surface area contributed by atoms with Crippen molar-refractivity contribution in [1.29, 1.82) is 0 Å². The van der Waals surface area contributed by atoms with E-state index >= 15 is 0 Å². The summed E-state index contributed by atoms with van der Waals surface area (Å²) in [7, 11) is 2.04. The highest BCUT2D eigenvalue weighted by molar-refractivity contribution is 6.13. The van der Waals surface area contributed by atoms with E-state index in [-0.39, 0.29) is 5.78 Å². The Morgan fingerprint density at radius 3 is 2.32 bits per heavy atom. The van der Waals surface area contributed by atoms with E-state index in [0.29, 0.717) is 6.54 Å². The SMILES string of the molecule is CCCc1cc[n+](CC(=O)c2c(-c3ccccc3)n(C)c3ccccc23)cc1. The number of hydrogen-bond donors (Lipinski definition) is 0. The third-order valence-electron chi connectivity index (χ3n) is 5.26. The largest absolute Gasteiger partial charge is 0.343 e. The summed E-state index contributed by atoms with van der Waals surface area (Å²) in [5.41, 5.74) is 5.23. The second-order valence-corrected chi connectivity index (χ2v) is 7.22. The Balaban J connectivity index is 1.78. The van der Waals surface area contributed by atoms with Crippen LogP contribution in [0.25, 0.3) is 22.2 Å². The van der Waals surface area contributed by atoms with Gasteiger partial charge in [0.05, 0.1) is 11.3 Å². The van der Waals surface area contributed by atoms with Gasteiger partial charge in [-0.05, 0) is 23.6 Å². The molecule has 4 rings (SSSR count). The highest BCUT2D eigenvalue weighted by Crippen LogP contribution is 2.33. The maximum Gasteiger partial charge on any atom is 0.230 e. The van der Waals surface area contributed by atoms with Crippen molar-refractivity contribution in [2.75, 3.05) is 0 Å². The second-order valence-electron chi connectivity index (χ2n) is 7.22. The molecule has 4 aromatic rings. The first-order chi connectivity index (χ1) is 13.7. The fourth-order valence-corrected chi connectivity index (χ4v) is 3.90. The number of rotatable bonds is 6. The average molecular weight is 369 g/mol. The number of benzene rings is 2. The molecule has 2 aromatic carbocycles. The number of aryl methyl sites for hydroxylation is 2. The normalized spacial score (nSPS) is 11.1. The first-order valence-electron chi connectivity index (χ1n) is 9.83. The number of nitrogens with zero attached hydrogens (tertiary/aromatic N) is 2. The fraction of sp³-hybridized carbons (Fsp3) is 0.200. The Bertz CT molecular complexity index is 1110. The molecule has 0 aliphatic heterocycles. The van der Waals surface area contributed by atoms with Crippen LogP contribution in [-0.4, -0.2) is 10.4 Å². The predicted molar refractivity (Wildman–Crippen MR) is 113 cm³/mol. The Kier molecular flexibility index (Phi) is 5.07. The lowest BCUT2D eigenvalue weighted by Crippen LogP contribution is -2.37. The van der Waals surface area contributed by atoms with Crippen LogP contribution in [0.15, 0.2) is 79.1 Å². The van der Waals surface area contributed by atoms with E-state index in [1.165, 1.54) is 5.56 Å². The number of Topliss-reactive ketones (excluding diaryl/α,β-unsaturated/α-hetero) is 1. The molecule has 3 nitrogen and oxygen atoms in total. The number of carbonyl (C=O) groups excluding carboxylic acids is 1. The third kappa shape index (κ3) is 3.36. The summed E-state index contributed by atoms with van der Waals surface area (Å²) in [5.74, 6) is 0.129. The van der Waals surface area contributed by atoms with Crippen molar-refractivity contribution >= 4 is 16.7 Å². The van der Waals surface area contributed by atoms with Gasteiger partial charge in [-0.2, -0.15) is 4.57 Å². The van der Waals surface area contributed by atoms with Crippen molar-refractivity contribution in [1.82, 2.24) is 4.57 Å². The summed E-state index contributed by atoms with van der Waals surface area (Å²) in [5, 5.41) is 1.01. The lowest BCUT2D eigenvalue weighted by atomic mass is 10.0. The molecule has 140 valence electrons. The minimum Gasteiger partial charge on any atom is -0.343 e. The maximum atomic E-state index is 13.4. The average Bonchev–Trinajstić information content (AvgIpc) is 3.03. The van der Waals surface area contributed by atoms with Crippen LogP contribution in [0.1, 0.15) is 29.3 Å². The monoisotopic (exact) mass is 369 g/mol. The topological polar surface area (TPSA) is 25.9 Å². The van der Waals surface area contributed by atoms with Crippen LogP contribution < -0.4 is 4.57 Å². The summed E-state index contributed by atoms with van der Waals surface area (Å²) < 4.78 is 4.10. The molecule has 2 heterocycles. The lowest BCUT2D eigenvalue weighted by Gasteiger charge is -2.07. The van der Waals surface area contributed by atoms with Crippen LogP contribution in [-0.2, 0) is 20.0 Å². The molecule has 0 N–H and O–H groups in total. The second kappa shape index (κ2) is 7.81. The maximum absolute atomic E-state index is 13.4. The van der Waals surface area contributed by atoms with E-state index in [9.17, 15) is 4.79 Å². The number of hydrogen-bond acceptors (Lipinski definition) is 1. The van der Waals surface area contributed by atoms with Gasteiger partial charge in [0, 0.05) is 30.1 Å². The molecule has 28 heavy (non-hydrogen) atoms. The number of para-hydroxylation sites is 1. The van der Waals surface area contributed by atoms with Gasteiger partial charge < -0.3 is 4.57 Å². The number of ketones is 1. The standard InChI is InChI=1S/C25H25N2O/c1-3-9-19-14-16-27(17-15-19)18-23(28)24-21-12-7-8-13-22(21)26(2)25(24)20-10-5-4-6-11-20/h4-8,10-17H,3,9,18H2,1-2H3/q+1. The van der Waals surface area contributed by atoms with Crippen LogP contribution in [0.3, 0.4) is 0 Å². The Morgan fingerprint density at radius 2 is 1.61 bits per heavy atom. The van der Waals surface area contributed by atoms with Gasteiger partial charge in [-0.15, -0.1) is 0 Å². The molecule has 0 radical (unpaired) electrons. The molecule has 0 saturated heterocycles. The molecule has 2 aromatic heterocycles. The highest BCUT2D eigenvalue weighted by atomic mass is 16.1. The predicted octanol–water partition coefficient (Wildman–Crippen LogP) is 4.97. The molecule has 0 aliphatic carbocycles. The van der Waals surface area contributed by atoms with Gasteiger partial charge in [0.2, 0.25) is 12.3 Å². The molecule has 0 unspecified atom stereocenters. The van der Waals surface area contributed by atoms with Crippen molar-refractivity contribution in [3.05, 3.63) is 90.3 Å². The number of carbonyl (C=O) groups is 1. The van der Waals surface area contributed by atoms with E-state index < -0.39 is 0 Å². The molecule has 0 saturated carbocycles. The van der Waals surface area contributed by atoms with Crippen LogP contribution in [0.2, 0.25) is 0 Å². The van der Waals surface area contributed by atoms with Crippen LogP contribution >= 0.6 is 0 Å². The van der Waals surface area contributed by atoms with Crippen molar-refractivity contribution in [2.45, 2.75) is 26.3 Å². The van der Waals surface area contributed by atoms with Crippen molar-refractivity contribution in [3.63, 3.8) is 0 Å². The smallest absolute Gasteiger partial charge is 0.230 e. The molecule has 3 heteroatoms. The number of fused-ring (bicyclic) bond motifs is 1. The van der Waals surface area contributed by atoms with Gasteiger partial charge in [0.1, 0.15) is 0 Å². The van der Waals surface area contributed by atoms with E-state index in [4.69, 9.17) is 0 Å². The van der Waals surface area contributed by atoms with Crippen molar-refractivity contribution in [2.24, 2.45) is 7.05 Å². The number of aromatic nitrogens is 2. The third-order valence-corrected chi connectivity index (χ3v) is 5.26. The molecule has 0 atom stereocenters. The quantitative estimate of drug-likeness (QED) is 0.348. The van der Waals surface area contributed by atoms with Crippen molar-refractivity contribution in [3.8, 4) is 11.3 Å².